The van der Waals surface area contributed by atoms with E-state index in [-0.39, 0.29) is 29.2 Å². The minimum absolute atomic E-state index is 0.00827. The highest BCUT2D eigenvalue weighted by atomic mass is 32.2. The predicted octanol–water partition coefficient (Wildman–Crippen LogP) is 3.33. The van der Waals surface area contributed by atoms with Crippen molar-refractivity contribution < 1.29 is 22.5 Å². The van der Waals surface area contributed by atoms with E-state index in [0.717, 1.165) is 12.1 Å². The first-order chi connectivity index (χ1) is 13.1. The van der Waals surface area contributed by atoms with E-state index in [1.165, 1.54) is 28.6 Å². The van der Waals surface area contributed by atoms with Gasteiger partial charge in [-0.1, -0.05) is 19.9 Å². The fourth-order valence-electron chi connectivity index (χ4n) is 2.66. The molecular weight excluding hydrogens is 389 g/mol. The molecule has 0 spiro atoms. The summed E-state index contributed by atoms with van der Waals surface area (Å²) < 4.78 is 40.3. The van der Waals surface area contributed by atoms with Gasteiger partial charge < -0.3 is 5.32 Å². The highest BCUT2D eigenvalue weighted by Crippen LogP contribution is 2.24. The maximum atomic E-state index is 13.4. The van der Waals surface area contributed by atoms with Crippen molar-refractivity contribution in [1.29, 1.82) is 0 Å². The summed E-state index contributed by atoms with van der Waals surface area (Å²) in [6.45, 7) is 5.63. The third-order valence-corrected chi connectivity index (χ3v) is 6.37. The first kappa shape index (κ1) is 21.5. The van der Waals surface area contributed by atoms with Crippen molar-refractivity contribution in [2.75, 3.05) is 18.4 Å². The number of nitrogens with one attached hydrogen (secondary N) is 1. The number of sulfonamides is 1. The lowest BCUT2D eigenvalue weighted by Crippen LogP contribution is -2.31. The summed E-state index contributed by atoms with van der Waals surface area (Å²) >= 11 is 0. The summed E-state index contributed by atoms with van der Waals surface area (Å²) in [7, 11) is -3.77. The summed E-state index contributed by atoms with van der Waals surface area (Å²) in [5.74, 6) is -1.69. The van der Waals surface area contributed by atoms with Gasteiger partial charge in [0, 0.05) is 30.4 Å². The SMILES string of the molecule is CCN(CC)S(=O)(=O)c1cc(C(=O)Nc2ccc(F)c([N+](=O)[O-])c2)ccc1C. The molecule has 0 aliphatic heterocycles. The van der Waals surface area contributed by atoms with Crippen LogP contribution in [0.4, 0.5) is 15.8 Å². The number of carbonyl (C=O) groups excluding carboxylic acids is 1. The van der Waals surface area contributed by atoms with Crippen LogP contribution < -0.4 is 5.32 Å². The van der Waals surface area contributed by atoms with Crippen LogP contribution in [-0.4, -0.2) is 36.6 Å². The van der Waals surface area contributed by atoms with Crippen molar-refractivity contribution in [3.63, 3.8) is 0 Å². The molecule has 10 heteroatoms. The summed E-state index contributed by atoms with van der Waals surface area (Å²) in [5, 5.41) is 13.2. The topological polar surface area (TPSA) is 110 Å². The molecule has 0 saturated heterocycles. The molecule has 0 heterocycles. The van der Waals surface area contributed by atoms with E-state index in [4.69, 9.17) is 0 Å². The molecular formula is C18H20FN3O5S. The summed E-state index contributed by atoms with van der Waals surface area (Å²) in [6, 6.07) is 7.18. The largest absolute Gasteiger partial charge is 0.322 e. The van der Waals surface area contributed by atoms with E-state index < -0.39 is 32.4 Å². The molecule has 0 fully saturated rings. The Morgan fingerprint density at radius 2 is 1.82 bits per heavy atom. The Kier molecular flexibility index (Phi) is 6.47. The van der Waals surface area contributed by atoms with Gasteiger partial charge in [-0.3, -0.25) is 14.9 Å². The lowest BCUT2D eigenvalue weighted by molar-refractivity contribution is -0.387. The molecule has 0 saturated carbocycles. The lowest BCUT2D eigenvalue weighted by Gasteiger charge is -2.20. The van der Waals surface area contributed by atoms with Crippen molar-refractivity contribution in [1.82, 2.24) is 4.31 Å². The number of nitro benzene ring substituents is 1. The van der Waals surface area contributed by atoms with Gasteiger partial charge in [0.15, 0.2) is 0 Å². The maximum Gasteiger partial charge on any atom is 0.306 e. The standard InChI is InChI=1S/C18H20FN3O5S/c1-4-21(5-2)28(26,27)17-10-13(7-6-12(17)3)18(23)20-14-8-9-15(19)16(11-14)22(24)25/h6-11H,4-5H2,1-3H3,(H,20,23). The molecule has 2 aromatic carbocycles. The summed E-state index contributed by atoms with van der Waals surface area (Å²) in [5.41, 5.74) is -0.206. The highest BCUT2D eigenvalue weighted by molar-refractivity contribution is 7.89. The second-order valence-corrected chi connectivity index (χ2v) is 7.85. The number of rotatable bonds is 7. The number of aryl methyl sites for hydroxylation is 1. The van der Waals surface area contributed by atoms with Crippen molar-refractivity contribution in [3.05, 3.63) is 63.5 Å². The Balaban J connectivity index is 2.38. The first-order valence-corrected chi connectivity index (χ1v) is 9.91. The van der Waals surface area contributed by atoms with Crippen LogP contribution in [0, 0.1) is 22.9 Å². The van der Waals surface area contributed by atoms with Crippen LogP contribution in [0.2, 0.25) is 0 Å². The molecule has 2 aromatic rings. The number of benzene rings is 2. The Morgan fingerprint density at radius 1 is 1.18 bits per heavy atom. The van der Waals surface area contributed by atoms with Crippen molar-refractivity contribution in [2.45, 2.75) is 25.7 Å². The van der Waals surface area contributed by atoms with E-state index >= 15 is 0 Å². The number of nitrogens with zero attached hydrogens (tertiary/aromatic N) is 2. The number of nitro groups is 1. The second-order valence-electron chi connectivity index (χ2n) is 5.95. The molecule has 0 aliphatic rings. The van der Waals surface area contributed by atoms with Gasteiger partial charge in [0.05, 0.1) is 9.82 Å². The Hall–Kier alpha value is -2.85. The molecule has 0 bridgehead atoms. The van der Waals surface area contributed by atoms with Crippen LogP contribution >= 0.6 is 0 Å². The van der Waals surface area contributed by atoms with Crippen LogP contribution in [0.15, 0.2) is 41.3 Å². The Morgan fingerprint density at radius 3 is 2.39 bits per heavy atom. The van der Waals surface area contributed by atoms with Gasteiger partial charge >= 0.3 is 5.69 Å². The smallest absolute Gasteiger partial charge is 0.306 e. The molecule has 1 N–H and O–H groups in total. The molecule has 28 heavy (non-hydrogen) atoms. The van der Waals surface area contributed by atoms with E-state index in [2.05, 4.69) is 5.32 Å². The number of hydrogen-bond acceptors (Lipinski definition) is 5. The average molecular weight is 409 g/mol. The number of carbonyl (C=O) groups is 1. The summed E-state index contributed by atoms with van der Waals surface area (Å²) in [4.78, 5) is 22.4. The number of hydrogen-bond donors (Lipinski definition) is 1. The van der Waals surface area contributed by atoms with Gasteiger partial charge in [-0.25, -0.2) is 8.42 Å². The molecule has 150 valence electrons. The minimum Gasteiger partial charge on any atom is -0.322 e. The molecule has 0 radical (unpaired) electrons. The number of halogens is 1. The van der Waals surface area contributed by atoms with Crippen LogP contribution in [0.5, 0.6) is 0 Å². The predicted molar refractivity (Wildman–Crippen MR) is 102 cm³/mol. The first-order valence-electron chi connectivity index (χ1n) is 8.47. The number of amides is 1. The molecule has 1 amide bonds. The Bertz CT molecular complexity index is 1020. The van der Waals surface area contributed by atoms with Crippen molar-refractivity contribution in [3.8, 4) is 0 Å². The second kappa shape index (κ2) is 8.44. The Labute approximate surface area is 162 Å². The molecule has 0 unspecified atom stereocenters. The van der Waals surface area contributed by atoms with Gasteiger partial charge in [-0.15, -0.1) is 0 Å². The fraction of sp³-hybridized carbons (Fsp3) is 0.278. The molecule has 0 aromatic heterocycles. The molecule has 2 rings (SSSR count). The maximum absolute atomic E-state index is 13.4. The van der Waals surface area contributed by atoms with Crippen LogP contribution in [-0.2, 0) is 10.0 Å². The van der Waals surface area contributed by atoms with Crippen molar-refractivity contribution in [2.24, 2.45) is 0 Å². The normalized spacial score (nSPS) is 11.5. The zero-order valence-electron chi connectivity index (χ0n) is 15.6. The van der Waals surface area contributed by atoms with Gasteiger partial charge in [0.25, 0.3) is 5.91 Å². The molecule has 0 aliphatic carbocycles. The van der Waals surface area contributed by atoms with Gasteiger partial charge in [0.1, 0.15) is 0 Å². The van der Waals surface area contributed by atoms with Gasteiger partial charge in [-0.2, -0.15) is 8.70 Å². The monoisotopic (exact) mass is 409 g/mol. The zero-order chi connectivity index (χ0) is 21.1. The van der Waals surface area contributed by atoms with E-state index in [0.29, 0.717) is 5.56 Å². The third-order valence-electron chi connectivity index (χ3n) is 4.17. The quantitative estimate of drug-likeness (QED) is 0.557. The lowest BCUT2D eigenvalue weighted by atomic mass is 10.1. The van der Waals surface area contributed by atoms with E-state index in [1.807, 2.05) is 0 Å². The highest BCUT2D eigenvalue weighted by Gasteiger charge is 2.25. The molecule has 0 atom stereocenters. The van der Waals surface area contributed by atoms with Gasteiger partial charge in [-0.05, 0) is 36.8 Å². The van der Waals surface area contributed by atoms with E-state index in [1.54, 1.807) is 20.8 Å². The average Bonchev–Trinajstić information content (AvgIpc) is 2.64. The minimum atomic E-state index is -3.77. The zero-order valence-corrected chi connectivity index (χ0v) is 16.4. The van der Waals surface area contributed by atoms with Crippen LogP contribution in [0.25, 0.3) is 0 Å². The fourth-order valence-corrected chi connectivity index (χ4v) is 4.36. The van der Waals surface area contributed by atoms with Crippen molar-refractivity contribution >= 4 is 27.3 Å². The molecule has 8 nitrogen and oxygen atoms in total. The number of anilines is 1. The van der Waals surface area contributed by atoms with E-state index in [9.17, 15) is 27.7 Å². The van der Waals surface area contributed by atoms with Crippen LogP contribution in [0.1, 0.15) is 29.8 Å². The third kappa shape index (κ3) is 4.34. The van der Waals surface area contributed by atoms with Crippen LogP contribution in [0.3, 0.4) is 0 Å². The van der Waals surface area contributed by atoms with Gasteiger partial charge in [0.2, 0.25) is 15.8 Å². The summed E-state index contributed by atoms with van der Waals surface area (Å²) in [6.07, 6.45) is 0.